The van der Waals surface area contributed by atoms with E-state index in [9.17, 15) is 14.4 Å². The lowest BCUT2D eigenvalue weighted by Gasteiger charge is -2.43. The highest BCUT2D eigenvalue weighted by atomic mass is 19.1. The first-order valence-electron chi connectivity index (χ1n) is 11.0. The Hall–Kier alpha value is -3.08. The number of aromatic nitrogens is 1. The van der Waals surface area contributed by atoms with Gasteiger partial charge in [-0.3, -0.25) is 9.78 Å². The smallest absolute Gasteiger partial charge is 0.303 e. The minimum atomic E-state index is -0.817. The molecule has 6 nitrogen and oxygen atoms in total. The molecule has 0 amide bonds. The van der Waals surface area contributed by atoms with Crippen molar-refractivity contribution in [3.05, 3.63) is 77.4 Å². The van der Waals surface area contributed by atoms with E-state index in [4.69, 9.17) is 14.6 Å². The molecule has 3 atom stereocenters. The summed E-state index contributed by atoms with van der Waals surface area (Å²) in [5, 5.41) is 18.2. The fourth-order valence-corrected chi connectivity index (χ4v) is 4.06. The fraction of sp³-hybridized carbons (Fsp3) is 0.423. The first-order valence-corrected chi connectivity index (χ1v) is 11.0. The van der Waals surface area contributed by atoms with Crippen LogP contribution in [0, 0.1) is 28.5 Å². The van der Waals surface area contributed by atoms with Crippen LogP contribution in [0.25, 0.3) is 0 Å². The van der Waals surface area contributed by atoms with Crippen molar-refractivity contribution < 1.29 is 23.8 Å². The molecule has 1 aromatic carbocycles. The lowest BCUT2D eigenvalue weighted by atomic mass is 9.82. The molecule has 1 saturated heterocycles. The van der Waals surface area contributed by atoms with Crippen LogP contribution in [0.4, 0.5) is 4.39 Å². The molecule has 2 heterocycles. The van der Waals surface area contributed by atoms with Crippen LogP contribution in [-0.2, 0) is 20.7 Å². The summed E-state index contributed by atoms with van der Waals surface area (Å²) in [6.07, 6.45) is 8.33. The average molecular weight is 453 g/mol. The number of halogens is 1. The monoisotopic (exact) mass is 452 g/mol. The molecule has 1 N–H and O–H groups in total. The third-order valence-electron chi connectivity index (χ3n) is 5.78. The minimum Gasteiger partial charge on any atom is -0.481 e. The third kappa shape index (κ3) is 6.70. The van der Waals surface area contributed by atoms with Gasteiger partial charge in [0, 0.05) is 30.1 Å². The number of hydrogen-bond acceptors (Lipinski definition) is 5. The van der Waals surface area contributed by atoms with Gasteiger partial charge in [0.05, 0.1) is 24.3 Å². The van der Waals surface area contributed by atoms with Gasteiger partial charge in [0.25, 0.3) is 0 Å². The number of rotatable bonds is 9. The van der Waals surface area contributed by atoms with Crippen molar-refractivity contribution in [1.29, 1.82) is 5.26 Å². The number of ether oxygens (including phenoxy) is 2. The zero-order valence-electron chi connectivity index (χ0n) is 18.9. The number of allylic oxidation sites excluding steroid dienone is 2. The molecule has 2 aromatic rings. The Morgan fingerprint density at radius 3 is 2.88 bits per heavy atom. The van der Waals surface area contributed by atoms with Gasteiger partial charge >= 0.3 is 5.97 Å². The summed E-state index contributed by atoms with van der Waals surface area (Å²) >= 11 is 0. The Bertz CT molecular complexity index is 1020. The zero-order chi connectivity index (χ0) is 23.8. The molecule has 1 aliphatic rings. The van der Waals surface area contributed by atoms with E-state index in [1.165, 1.54) is 12.1 Å². The summed E-state index contributed by atoms with van der Waals surface area (Å²) in [5.41, 5.74) is 1.53. The molecule has 0 aliphatic carbocycles. The van der Waals surface area contributed by atoms with Gasteiger partial charge in [-0.2, -0.15) is 5.26 Å². The van der Waals surface area contributed by atoms with Crippen molar-refractivity contribution in [2.45, 2.75) is 51.9 Å². The summed E-state index contributed by atoms with van der Waals surface area (Å²) in [7, 11) is 0. The van der Waals surface area contributed by atoms with Crippen molar-refractivity contribution >= 4 is 5.97 Å². The number of carboxylic acid groups (broad SMARTS) is 1. The molecule has 0 unspecified atom stereocenters. The van der Waals surface area contributed by atoms with E-state index in [-0.39, 0.29) is 18.4 Å². The molecule has 0 spiro atoms. The maximum Gasteiger partial charge on any atom is 0.303 e. The van der Waals surface area contributed by atoms with Gasteiger partial charge in [-0.25, -0.2) is 4.39 Å². The lowest BCUT2D eigenvalue weighted by molar-refractivity contribution is -0.278. The van der Waals surface area contributed by atoms with Crippen molar-refractivity contribution in [3.8, 4) is 6.07 Å². The van der Waals surface area contributed by atoms with Crippen LogP contribution >= 0.6 is 0 Å². The van der Waals surface area contributed by atoms with E-state index in [2.05, 4.69) is 11.1 Å². The van der Waals surface area contributed by atoms with Gasteiger partial charge < -0.3 is 14.6 Å². The summed E-state index contributed by atoms with van der Waals surface area (Å²) in [5.74, 6) is -1.21. The summed E-state index contributed by atoms with van der Waals surface area (Å²) in [6.45, 7) is 4.48. The highest BCUT2D eigenvalue weighted by Gasteiger charge is 2.40. The van der Waals surface area contributed by atoms with Gasteiger partial charge in [-0.1, -0.05) is 38.1 Å². The molecule has 0 bridgehead atoms. The van der Waals surface area contributed by atoms with Gasteiger partial charge in [-0.05, 0) is 48.6 Å². The van der Waals surface area contributed by atoms with E-state index < -0.39 is 23.5 Å². The Balaban J connectivity index is 1.75. The number of aliphatic carboxylic acids is 1. The molecule has 0 radical (unpaired) electrons. The zero-order valence-corrected chi connectivity index (χ0v) is 18.9. The number of pyridine rings is 1. The molecular weight excluding hydrogens is 423 g/mol. The largest absolute Gasteiger partial charge is 0.481 e. The number of nitrogens with zero attached hydrogens (tertiary/aromatic N) is 2. The number of nitriles is 1. The van der Waals surface area contributed by atoms with Crippen LogP contribution in [0.1, 0.15) is 55.9 Å². The molecule has 174 valence electrons. The van der Waals surface area contributed by atoms with Crippen molar-refractivity contribution in [2.75, 3.05) is 6.61 Å². The van der Waals surface area contributed by atoms with Gasteiger partial charge in [0.15, 0.2) is 6.29 Å². The van der Waals surface area contributed by atoms with E-state index in [0.717, 1.165) is 11.1 Å². The standard InChI is InChI=1S/C26H29FN2O4/c1-26(2,14-18-10-11-22(27)13-21(18)15-28)25-32-17-20(7-4-3-5-9-23(30)31)24(33-25)19-8-6-12-29-16-19/h3-4,6,8,10-13,16,20,24-25H,5,7,9,14,17H2,1-2H3,(H,30,31)/b4-3-/t20-,24-,25+/m1/s1. The van der Waals surface area contributed by atoms with Crippen molar-refractivity contribution in [3.63, 3.8) is 0 Å². The molecule has 1 aliphatic heterocycles. The van der Waals surface area contributed by atoms with E-state index in [1.807, 2.05) is 38.1 Å². The molecule has 7 heteroatoms. The van der Waals surface area contributed by atoms with Crippen LogP contribution in [-0.4, -0.2) is 29.0 Å². The van der Waals surface area contributed by atoms with Crippen LogP contribution in [0.3, 0.4) is 0 Å². The van der Waals surface area contributed by atoms with Gasteiger partial charge in [-0.15, -0.1) is 0 Å². The second-order valence-electron chi connectivity index (χ2n) is 8.99. The highest BCUT2D eigenvalue weighted by Crippen LogP contribution is 2.41. The second kappa shape index (κ2) is 11.2. The third-order valence-corrected chi connectivity index (χ3v) is 5.78. The van der Waals surface area contributed by atoms with Crippen LogP contribution in [0.5, 0.6) is 0 Å². The summed E-state index contributed by atoms with van der Waals surface area (Å²) in [4.78, 5) is 14.9. The van der Waals surface area contributed by atoms with Crippen LogP contribution in [0.15, 0.2) is 54.9 Å². The second-order valence-corrected chi connectivity index (χ2v) is 8.99. The lowest BCUT2D eigenvalue weighted by Crippen LogP contribution is -2.44. The van der Waals surface area contributed by atoms with Crippen molar-refractivity contribution in [1.82, 2.24) is 4.98 Å². The normalized spacial score (nSPS) is 21.1. The number of hydrogen-bond donors (Lipinski definition) is 1. The SMILES string of the molecule is CC(C)(Cc1ccc(F)cc1C#N)[C@H]1OC[C@@H](C/C=C\CCC(=O)O)[C@@H](c2cccnc2)O1. The summed E-state index contributed by atoms with van der Waals surface area (Å²) in [6, 6.07) is 10.2. The minimum absolute atomic E-state index is 0.0443. The quantitative estimate of drug-likeness (QED) is 0.526. The van der Waals surface area contributed by atoms with E-state index >= 15 is 0 Å². The molecule has 1 fully saturated rings. The Morgan fingerprint density at radius 1 is 1.36 bits per heavy atom. The molecule has 3 rings (SSSR count). The Kier molecular flexibility index (Phi) is 8.32. The van der Waals surface area contributed by atoms with Gasteiger partial charge in [0.1, 0.15) is 5.82 Å². The fourth-order valence-electron chi connectivity index (χ4n) is 4.06. The number of carbonyl (C=O) groups is 1. The predicted molar refractivity (Wildman–Crippen MR) is 121 cm³/mol. The van der Waals surface area contributed by atoms with E-state index in [0.29, 0.717) is 31.4 Å². The van der Waals surface area contributed by atoms with Gasteiger partial charge in [0.2, 0.25) is 0 Å². The number of benzene rings is 1. The summed E-state index contributed by atoms with van der Waals surface area (Å²) < 4.78 is 26.2. The Morgan fingerprint density at radius 2 is 2.18 bits per heavy atom. The molecule has 1 aromatic heterocycles. The maximum absolute atomic E-state index is 13.6. The first-order chi connectivity index (χ1) is 15.8. The van der Waals surface area contributed by atoms with Crippen LogP contribution in [0.2, 0.25) is 0 Å². The van der Waals surface area contributed by atoms with Crippen LogP contribution < -0.4 is 0 Å². The maximum atomic E-state index is 13.6. The number of carboxylic acids is 1. The molecule has 0 saturated carbocycles. The van der Waals surface area contributed by atoms with Crippen molar-refractivity contribution in [2.24, 2.45) is 11.3 Å². The molecule has 33 heavy (non-hydrogen) atoms. The predicted octanol–water partition coefficient (Wildman–Crippen LogP) is 5.20. The highest BCUT2D eigenvalue weighted by molar-refractivity contribution is 5.66. The topological polar surface area (TPSA) is 92.4 Å². The van der Waals surface area contributed by atoms with E-state index in [1.54, 1.807) is 18.5 Å². The molecular formula is C26H29FN2O4. The first kappa shape index (κ1) is 24.6. The Labute approximate surface area is 193 Å². The average Bonchev–Trinajstić information content (AvgIpc) is 2.80.